The summed E-state index contributed by atoms with van der Waals surface area (Å²) in [7, 11) is 0. The number of hydrogen-bond donors (Lipinski definition) is 2. The molecule has 2 aliphatic rings. The lowest BCUT2D eigenvalue weighted by Gasteiger charge is -2.49. The molecule has 71 heavy (non-hydrogen) atoms. The van der Waals surface area contributed by atoms with Gasteiger partial charge in [-0.15, -0.1) is 0 Å². The minimum absolute atomic E-state index is 0.0211. The fourth-order valence-corrected chi connectivity index (χ4v) is 8.43. The van der Waals surface area contributed by atoms with E-state index in [-0.39, 0.29) is 52.9 Å². The number of alkyl halides is 3. The lowest BCUT2D eigenvalue weighted by molar-refractivity contribution is -0.370. The average Bonchev–Trinajstić information content (AvgIpc) is 3.39. The Morgan fingerprint density at radius 2 is 0.746 bits per heavy atom. The second-order valence-electron chi connectivity index (χ2n) is 17.2. The molecule has 10 atom stereocenters. The quantitative estimate of drug-likeness (QED) is 0.0361. The van der Waals surface area contributed by atoms with Crippen LogP contribution in [-0.4, -0.2) is 89.4 Å². The highest BCUT2D eigenvalue weighted by molar-refractivity contribution is 6.76. The number of hydrogen-bond acceptors (Lipinski definition) is 12. The predicted octanol–water partition coefficient (Wildman–Crippen LogP) is 10.3. The van der Waals surface area contributed by atoms with Gasteiger partial charge >= 0.3 is 0 Å². The van der Waals surface area contributed by atoms with Crippen LogP contribution in [0.4, 0.5) is 0 Å². The van der Waals surface area contributed by atoms with Crippen LogP contribution < -0.4 is 0 Å². The van der Waals surface area contributed by atoms with Crippen molar-refractivity contribution in [1.29, 1.82) is 5.41 Å². The van der Waals surface area contributed by atoms with Crippen LogP contribution in [0, 0.1) is 5.41 Å². The Balaban J connectivity index is 1.17. The van der Waals surface area contributed by atoms with Crippen LogP contribution in [0.25, 0.3) is 0 Å². The first kappa shape index (κ1) is 52.6. The summed E-state index contributed by atoms with van der Waals surface area (Å²) in [5, 5.41) is 21.3. The van der Waals surface area contributed by atoms with E-state index in [1.807, 2.05) is 182 Å². The highest BCUT2D eigenvalue weighted by Gasteiger charge is 2.55. The van der Waals surface area contributed by atoms with Gasteiger partial charge in [0.25, 0.3) is 3.79 Å². The van der Waals surface area contributed by atoms with E-state index in [0.717, 1.165) is 33.4 Å². The second kappa shape index (κ2) is 26.8. The lowest BCUT2D eigenvalue weighted by atomic mass is 9.96. The first-order valence-corrected chi connectivity index (χ1v) is 24.6. The minimum Gasteiger partial charge on any atom is -0.445 e. The molecule has 0 saturated carbocycles. The first-order chi connectivity index (χ1) is 34.7. The maximum absolute atomic E-state index is 12.6. The summed E-state index contributed by atoms with van der Waals surface area (Å²) in [4.78, 5) is 0. The molecule has 6 aromatic carbocycles. The summed E-state index contributed by atoms with van der Waals surface area (Å²) < 4.78 is 64.3. The van der Waals surface area contributed by atoms with Gasteiger partial charge in [-0.05, 0) is 33.4 Å². The molecule has 0 bridgehead atoms. The molecule has 2 saturated heterocycles. The zero-order valence-electron chi connectivity index (χ0n) is 38.9. The third kappa shape index (κ3) is 15.6. The van der Waals surface area contributed by atoms with Crippen molar-refractivity contribution >= 4 is 40.7 Å². The van der Waals surface area contributed by atoms with Gasteiger partial charge in [0, 0.05) is 0 Å². The smallest absolute Gasteiger partial charge is 0.265 e. The molecule has 0 aromatic heterocycles. The first-order valence-electron chi connectivity index (χ1n) is 23.5. The Morgan fingerprint density at radius 3 is 1.14 bits per heavy atom. The Morgan fingerprint density at radius 1 is 0.423 bits per heavy atom. The third-order valence-electron chi connectivity index (χ3n) is 11.9. The molecule has 8 rings (SSSR count). The van der Waals surface area contributed by atoms with Crippen molar-refractivity contribution < 1.29 is 52.5 Å². The standard InChI is InChI=1S/C56H58Cl3NO11/c57-56(58,59)55(60)71-54-52(67-36-44-29-17-6-18-30-44)51(66-35-43-27-15-5-16-28-43)49(46(69-54)38-63-32-40-21-9-2-10-22-40)70-53-50(65-34-42-25-13-4-14-26-42)47(61)48(64-33-41-23-11-3-12-24-41)45(68-53)37-62-31-39-19-7-1-8-20-39/h1-30,45-54,60-61H,31-38H2/t45-,46-,47+,48+,49-,50-,51+,52-,53+,54+/m1/s1. The second-order valence-corrected chi connectivity index (χ2v) is 19.4. The molecule has 0 spiro atoms. The molecular weight excluding hydrogens is 969 g/mol. The van der Waals surface area contributed by atoms with Crippen LogP contribution in [0.2, 0.25) is 0 Å². The van der Waals surface area contributed by atoms with Crippen molar-refractivity contribution in [3.05, 3.63) is 215 Å². The van der Waals surface area contributed by atoms with Gasteiger partial charge in [-0.1, -0.05) is 217 Å². The van der Waals surface area contributed by atoms with E-state index in [2.05, 4.69) is 0 Å². The normalized spacial score (nSPS) is 24.6. The summed E-state index contributed by atoms with van der Waals surface area (Å²) >= 11 is 18.7. The van der Waals surface area contributed by atoms with E-state index < -0.39 is 71.1 Å². The topological polar surface area (TPSA) is 136 Å². The van der Waals surface area contributed by atoms with Crippen molar-refractivity contribution in [2.45, 2.75) is 105 Å². The van der Waals surface area contributed by atoms with Crippen LogP contribution >= 0.6 is 34.8 Å². The Hall–Kier alpha value is -4.74. The van der Waals surface area contributed by atoms with E-state index >= 15 is 0 Å². The maximum atomic E-state index is 12.6. The van der Waals surface area contributed by atoms with Crippen LogP contribution in [0.3, 0.4) is 0 Å². The summed E-state index contributed by atoms with van der Waals surface area (Å²) in [6, 6.07) is 57.9. The van der Waals surface area contributed by atoms with E-state index in [9.17, 15) is 5.11 Å². The van der Waals surface area contributed by atoms with Gasteiger partial charge in [-0.3, -0.25) is 5.41 Å². The van der Waals surface area contributed by atoms with Gasteiger partial charge in [0.1, 0.15) is 48.8 Å². The number of aliphatic hydroxyl groups is 1. The van der Waals surface area contributed by atoms with Gasteiger partial charge in [0.15, 0.2) is 6.29 Å². The minimum atomic E-state index is -2.24. The Kier molecular flexibility index (Phi) is 19.9. The molecule has 2 aliphatic heterocycles. The average molecular weight is 1030 g/mol. The Labute approximate surface area is 430 Å². The largest absolute Gasteiger partial charge is 0.445 e. The summed E-state index contributed by atoms with van der Waals surface area (Å²) in [6.45, 7) is 0.886. The molecule has 15 heteroatoms. The fraction of sp³-hybridized carbons (Fsp3) is 0.339. The zero-order chi connectivity index (χ0) is 49.3. The van der Waals surface area contributed by atoms with Crippen LogP contribution in [0.5, 0.6) is 0 Å². The van der Waals surface area contributed by atoms with Crippen molar-refractivity contribution in [2.24, 2.45) is 0 Å². The van der Waals surface area contributed by atoms with Crippen molar-refractivity contribution in [3.63, 3.8) is 0 Å². The van der Waals surface area contributed by atoms with E-state index in [1.165, 1.54) is 0 Å². The maximum Gasteiger partial charge on any atom is 0.265 e. The number of benzene rings is 6. The van der Waals surface area contributed by atoms with Crippen LogP contribution in [-0.2, 0) is 87.0 Å². The van der Waals surface area contributed by atoms with Crippen molar-refractivity contribution in [2.75, 3.05) is 13.2 Å². The molecule has 2 heterocycles. The highest BCUT2D eigenvalue weighted by Crippen LogP contribution is 2.37. The summed E-state index contributed by atoms with van der Waals surface area (Å²) in [5.41, 5.74) is 5.33. The number of ether oxygens (including phenoxy) is 10. The molecule has 12 nitrogen and oxygen atoms in total. The van der Waals surface area contributed by atoms with Crippen molar-refractivity contribution in [3.8, 4) is 0 Å². The Bertz CT molecular complexity index is 2440. The van der Waals surface area contributed by atoms with Gasteiger partial charge < -0.3 is 52.5 Å². The molecule has 2 fully saturated rings. The number of nitrogens with one attached hydrogen (secondary N) is 1. The van der Waals surface area contributed by atoms with E-state index in [4.69, 9.17) is 87.6 Å². The summed E-state index contributed by atoms with van der Waals surface area (Å²) in [6.07, 6.45) is -11.2. The fourth-order valence-electron chi connectivity index (χ4n) is 8.30. The SMILES string of the molecule is N=C(O[C@@H]1O[C@H](COCc2ccccc2)[C@@H](O[C@@H]2O[C@H](COCc3ccccc3)[C@H](OCc3ccccc3)[C@H](O)[C@H]2OCc2ccccc2)[C@H](OCc2ccccc2)[C@H]1OCc1ccccc1)C(Cl)(Cl)Cl. The molecular formula is C56H58Cl3NO11. The van der Waals surface area contributed by atoms with Gasteiger partial charge in [0.05, 0.1) is 52.9 Å². The van der Waals surface area contributed by atoms with Crippen LogP contribution in [0.1, 0.15) is 33.4 Å². The van der Waals surface area contributed by atoms with E-state index in [0.29, 0.717) is 0 Å². The highest BCUT2D eigenvalue weighted by atomic mass is 35.6. The molecule has 374 valence electrons. The number of rotatable bonds is 23. The van der Waals surface area contributed by atoms with Crippen molar-refractivity contribution in [1.82, 2.24) is 0 Å². The third-order valence-corrected chi connectivity index (χ3v) is 12.4. The molecule has 0 aliphatic carbocycles. The summed E-state index contributed by atoms with van der Waals surface area (Å²) in [5.74, 6) is -0.695. The predicted molar refractivity (Wildman–Crippen MR) is 270 cm³/mol. The molecule has 0 unspecified atom stereocenters. The van der Waals surface area contributed by atoms with Gasteiger partial charge in [0.2, 0.25) is 12.2 Å². The zero-order valence-corrected chi connectivity index (χ0v) is 41.2. The monoisotopic (exact) mass is 1030 g/mol. The van der Waals surface area contributed by atoms with Gasteiger partial charge in [-0.2, -0.15) is 0 Å². The lowest BCUT2D eigenvalue weighted by Crippen LogP contribution is -2.66. The van der Waals surface area contributed by atoms with E-state index in [1.54, 1.807) is 0 Å². The number of halogens is 3. The van der Waals surface area contributed by atoms with Gasteiger partial charge in [-0.25, -0.2) is 0 Å². The molecule has 2 N–H and O–H groups in total. The molecule has 6 aromatic rings. The van der Waals surface area contributed by atoms with Crippen LogP contribution in [0.15, 0.2) is 182 Å². The molecule has 0 radical (unpaired) electrons. The molecule has 0 amide bonds. The number of aliphatic hydroxyl groups excluding tert-OH is 1.